The number of imidazole rings is 2. The minimum atomic E-state index is -0.285. The maximum Gasteiger partial charge on any atom is 0.128 e. The van der Waals surface area contributed by atoms with Crippen molar-refractivity contribution in [3.05, 3.63) is 48.1 Å². The number of hydrogen-bond donors (Lipinski definition) is 0. The molecule has 1 unspecified atom stereocenters. The van der Waals surface area contributed by atoms with E-state index in [4.69, 9.17) is 11.6 Å². The smallest absolute Gasteiger partial charge is 0.128 e. The molecule has 4 nitrogen and oxygen atoms in total. The van der Waals surface area contributed by atoms with Crippen molar-refractivity contribution in [3.63, 3.8) is 0 Å². The molecule has 0 saturated carbocycles. The molecule has 20 heavy (non-hydrogen) atoms. The van der Waals surface area contributed by atoms with Gasteiger partial charge in [0.05, 0.1) is 23.0 Å². The summed E-state index contributed by atoms with van der Waals surface area (Å²) in [5, 5.41) is -0.259. The first-order valence-corrected chi connectivity index (χ1v) is 6.76. The predicted octanol–water partition coefficient (Wildman–Crippen LogP) is 3.26. The second-order valence-corrected chi connectivity index (χ2v) is 5.41. The molecule has 1 aromatic carbocycles. The second kappa shape index (κ2) is 4.90. The predicted molar refractivity (Wildman–Crippen MR) is 76.3 cm³/mol. The molecule has 1 atom stereocenters. The zero-order valence-corrected chi connectivity index (χ0v) is 12.0. The van der Waals surface area contributed by atoms with Gasteiger partial charge in [0.15, 0.2) is 0 Å². The summed E-state index contributed by atoms with van der Waals surface area (Å²) < 4.78 is 17.3. The Kier molecular flexibility index (Phi) is 3.22. The Bertz CT molecular complexity index is 760. The number of benzene rings is 1. The molecule has 0 amide bonds. The summed E-state index contributed by atoms with van der Waals surface area (Å²) in [5.41, 5.74) is 1.47. The number of alkyl halides is 1. The molecule has 3 aromatic rings. The highest BCUT2D eigenvalue weighted by molar-refractivity contribution is 6.20. The topological polar surface area (TPSA) is 35.6 Å². The van der Waals surface area contributed by atoms with E-state index in [2.05, 4.69) is 9.97 Å². The first-order chi connectivity index (χ1) is 9.56. The average Bonchev–Trinajstić information content (AvgIpc) is 2.95. The highest BCUT2D eigenvalue weighted by Crippen LogP contribution is 2.25. The fourth-order valence-electron chi connectivity index (χ4n) is 2.27. The number of aromatic nitrogens is 4. The number of fused-ring (bicyclic) bond motifs is 1. The van der Waals surface area contributed by atoms with Crippen molar-refractivity contribution in [2.24, 2.45) is 7.05 Å². The quantitative estimate of drug-likeness (QED) is 0.695. The molecule has 2 aromatic heterocycles. The molecule has 104 valence electrons. The maximum atomic E-state index is 13.5. The number of halogens is 2. The Hall–Kier alpha value is -1.88. The van der Waals surface area contributed by atoms with E-state index in [0.29, 0.717) is 6.54 Å². The molecule has 0 aliphatic rings. The highest BCUT2D eigenvalue weighted by atomic mass is 35.5. The van der Waals surface area contributed by atoms with Gasteiger partial charge in [0.1, 0.15) is 17.5 Å². The van der Waals surface area contributed by atoms with Crippen molar-refractivity contribution in [1.82, 2.24) is 19.1 Å². The van der Waals surface area contributed by atoms with Crippen molar-refractivity contribution in [2.45, 2.75) is 18.8 Å². The Labute approximate surface area is 120 Å². The van der Waals surface area contributed by atoms with Crippen molar-refractivity contribution in [3.8, 4) is 0 Å². The van der Waals surface area contributed by atoms with Crippen LogP contribution in [0.15, 0.2) is 30.6 Å². The van der Waals surface area contributed by atoms with Crippen LogP contribution in [-0.2, 0) is 13.6 Å². The molecular weight excluding hydrogens is 279 g/mol. The normalized spacial score (nSPS) is 13.0. The van der Waals surface area contributed by atoms with Crippen LogP contribution in [0.5, 0.6) is 0 Å². The molecular formula is C14H14ClFN4. The molecule has 0 bridgehead atoms. The van der Waals surface area contributed by atoms with Gasteiger partial charge in [0.25, 0.3) is 0 Å². The van der Waals surface area contributed by atoms with Crippen LogP contribution in [0.25, 0.3) is 11.0 Å². The van der Waals surface area contributed by atoms with Gasteiger partial charge in [-0.3, -0.25) is 0 Å². The number of nitrogens with zero attached hydrogens (tertiary/aromatic N) is 4. The van der Waals surface area contributed by atoms with Crippen molar-refractivity contribution >= 4 is 22.6 Å². The minimum absolute atomic E-state index is 0.259. The zero-order chi connectivity index (χ0) is 14.3. The summed E-state index contributed by atoms with van der Waals surface area (Å²) in [5.74, 6) is 1.30. The van der Waals surface area contributed by atoms with Crippen LogP contribution in [0.1, 0.15) is 23.9 Å². The van der Waals surface area contributed by atoms with Gasteiger partial charge in [-0.1, -0.05) is 0 Å². The third kappa shape index (κ3) is 2.18. The molecule has 6 heteroatoms. The van der Waals surface area contributed by atoms with Crippen molar-refractivity contribution < 1.29 is 4.39 Å². The maximum absolute atomic E-state index is 13.5. The van der Waals surface area contributed by atoms with E-state index >= 15 is 0 Å². The fraction of sp³-hybridized carbons (Fsp3) is 0.286. The van der Waals surface area contributed by atoms with E-state index in [0.717, 1.165) is 22.7 Å². The number of rotatable bonds is 3. The van der Waals surface area contributed by atoms with Crippen LogP contribution >= 0.6 is 11.6 Å². The Morgan fingerprint density at radius 1 is 1.40 bits per heavy atom. The first-order valence-electron chi connectivity index (χ1n) is 6.32. The molecule has 0 radical (unpaired) electrons. The molecule has 0 aliphatic carbocycles. The van der Waals surface area contributed by atoms with Gasteiger partial charge in [-0.15, -0.1) is 11.6 Å². The summed E-state index contributed by atoms with van der Waals surface area (Å²) in [6.07, 6.45) is 3.61. The summed E-state index contributed by atoms with van der Waals surface area (Å²) in [6, 6.07) is 4.56. The lowest BCUT2D eigenvalue weighted by molar-refractivity contribution is 0.626. The van der Waals surface area contributed by atoms with Crippen LogP contribution in [0.4, 0.5) is 4.39 Å². The van der Waals surface area contributed by atoms with E-state index < -0.39 is 0 Å². The largest absolute Gasteiger partial charge is 0.337 e. The van der Waals surface area contributed by atoms with Crippen molar-refractivity contribution in [2.75, 3.05) is 0 Å². The van der Waals surface area contributed by atoms with Crippen LogP contribution in [0.3, 0.4) is 0 Å². The summed E-state index contributed by atoms with van der Waals surface area (Å²) in [7, 11) is 1.92. The van der Waals surface area contributed by atoms with E-state index in [1.165, 1.54) is 12.1 Å². The third-order valence-corrected chi connectivity index (χ3v) is 3.51. The SMILES string of the molecule is CC(Cl)c1nc2ccc(F)cc2n1Cc1nccn1C. The van der Waals surface area contributed by atoms with E-state index in [1.807, 2.05) is 29.3 Å². The molecule has 0 fully saturated rings. The minimum Gasteiger partial charge on any atom is -0.337 e. The second-order valence-electron chi connectivity index (χ2n) is 4.76. The van der Waals surface area contributed by atoms with Crippen LogP contribution in [0, 0.1) is 5.82 Å². The summed E-state index contributed by atoms with van der Waals surface area (Å²) in [6.45, 7) is 2.36. The molecule has 0 N–H and O–H groups in total. The van der Waals surface area contributed by atoms with Crippen LogP contribution in [0.2, 0.25) is 0 Å². The van der Waals surface area contributed by atoms with E-state index in [-0.39, 0.29) is 11.2 Å². The van der Waals surface area contributed by atoms with E-state index in [1.54, 1.807) is 12.3 Å². The standard InChI is InChI=1S/C14H14ClFN4/c1-9(15)14-18-11-4-3-10(16)7-12(11)20(14)8-13-17-5-6-19(13)2/h3-7,9H,8H2,1-2H3. The Morgan fingerprint density at radius 2 is 2.20 bits per heavy atom. The molecule has 3 rings (SSSR count). The van der Waals surface area contributed by atoms with Gasteiger partial charge in [-0.25, -0.2) is 14.4 Å². The van der Waals surface area contributed by atoms with Gasteiger partial charge in [-0.05, 0) is 25.1 Å². The van der Waals surface area contributed by atoms with Crippen molar-refractivity contribution in [1.29, 1.82) is 0 Å². The number of hydrogen-bond acceptors (Lipinski definition) is 2. The van der Waals surface area contributed by atoms with E-state index in [9.17, 15) is 4.39 Å². The highest BCUT2D eigenvalue weighted by Gasteiger charge is 2.16. The fourth-order valence-corrected chi connectivity index (χ4v) is 2.44. The molecule has 0 spiro atoms. The first kappa shape index (κ1) is 13.1. The lowest BCUT2D eigenvalue weighted by Gasteiger charge is -2.10. The zero-order valence-electron chi connectivity index (χ0n) is 11.2. The molecule has 0 aliphatic heterocycles. The lowest BCUT2D eigenvalue weighted by atomic mass is 10.3. The Balaban J connectivity index is 2.18. The number of aryl methyl sites for hydroxylation is 1. The summed E-state index contributed by atoms with van der Waals surface area (Å²) >= 11 is 6.20. The van der Waals surface area contributed by atoms with Gasteiger partial charge in [0.2, 0.25) is 0 Å². The Morgan fingerprint density at radius 3 is 2.85 bits per heavy atom. The lowest BCUT2D eigenvalue weighted by Crippen LogP contribution is -2.09. The third-order valence-electron chi connectivity index (χ3n) is 3.32. The molecule has 0 saturated heterocycles. The van der Waals surface area contributed by atoms with Gasteiger partial charge < -0.3 is 9.13 Å². The van der Waals surface area contributed by atoms with Gasteiger partial charge in [0, 0.05) is 19.4 Å². The monoisotopic (exact) mass is 292 g/mol. The van der Waals surface area contributed by atoms with Gasteiger partial charge >= 0.3 is 0 Å². The van der Waals surface area contributed by atoms with Crippen LogP contribution in [-0.4, -0.2) is 19.1 Å². The summed E-state index contributed by atoms with van der Waals surface area (Å²) in [4.78, 5) is 8.79. The van der Waals surface area contributed by atoms with Crippen LogP contribution < -0.4 is 0 Å². The van der Waals surface area contributed by atoms with Gasteiger partial charge in [-0.2, -0.15) is 0 Å². The molecule has 2 heterocycles. The average molecular weight is 293 g/mol.